The highest BCUT2D eigenvalue weighted by atomic mass is 79.9. The average Bonchev–Trinajstić information content (AvgIpc) is 2.55. The lowest BCUT2D eigenvalue weighted by atomic mass is 10.1. The van der Waals surface area contributed by atoms with E-state index in [-0.39, 0.29) is 12.5 Å². The zero-order valence-electron chi connectivity index (χ0n) is 12.3. The molecule has 0 saturated heterocycles. The van der Waals surface area contributed by atoms with Crippen LogP contribution < -0.4 is 10.2 Å². The van der Waals surface area contributed by atoms with Crippen LogP contribution >= 0.6 is 15.9 Å². The number of rotatable bonds is 6. The third-order valence-electron chi connectivity index (χ3n) is 2.99. The highest BCUT2D eigenvalue weighted by Crippen LogP contribution is 2.23. The van der Waals surface area contributed by atoms with Gasteiger partial charge in [-0.3, -0.25) is 4.79 Å². The van der Waals surface area contributed by atoms with Gasteiger partial charge in [-0.25, -0.2) is 5.43 Å². The highest BCUT2D eigenvalue weighted by molar-refractivity contribution is 9.10. The SMILES string of the molecule is CCc1ccc(C=NNC(=O)COc2ccccc2Br)cc1. The van der Waals surface area contributed by atoms with Crippen LogP contribution in [0.2, 0.25) is 0 Å². The molecule has 0 bridgehead atoms. The first-order valence-electron chi connectivity index (χ1n) is 6.97. The van der Waals surface area contributed by atoms with Crippen molar-refractivity contribution in [2.24, 2.45) is 5.10 Å². The van der Waals surface area contributed by atoms with Crippen molar-refractivity contribution in [3.63, 3.8) is 0 Å². The van der Waals surface area contributed by atoms with Gasteiger partial charge in [0, 0.05) is 0 Å². The lowest BCUT2D eigenvalue weighted by Gasteiger charge is -2.06. The van der Waals surface area contributed by atoms with Crippen LogP contribution in [0.4, 0.5) is 0 Å². The molecule has 0 aliphatic heterocycles. The van der Waals surface area contributed by atoms with Gasteiger partial charge in [0.25, 0.3) is 5.91 Å². The van der Waals surface area contributed by atoms with Crippen molar-refractivity contribution in [1.82, 2.24) is 5.43 Å². The van der Waals surface area contributed by atoms with Crippen molar-refractivity contribution in [3.8, 4) is 5.75 Å². The number of nitrogens with one attached hydrogen (secondary N) is 1. The minimum Gasteiger partial charge on any atom is -0.483 e. The molecule has 2 aromatic carbocycles. The van der Waals surface area contributed by atoms with Crippen LogP contribution in [0.1, 0.15) is 18.1 Å². The zero-order valence-corrected chi connectivity index (χ0v) is 13.8. The first kappa shape index (κ1) is 16.2. The van der Waals surface area contributed by atoms with E-state index in [0.717, 1.165) is 16.5 Å². The number of para-hydroxylation sites is 1. The number of ether oxygens (including phenoxy) is 1. The smallest absolute Gasteiger partial charge is 0.277 e. The van der Waals surface area contributed by atoms with Gasteiger partial charge in [0.2, 0.25) is 0 Å². The third kappa shape index (κ3) is 5.00. The number of nitrogens with zero attached hydrogens (tertiary/aromatic N) is 1. The fourth-order valence-electron chi connectivity index (χ4n) is 1.76. The summed E-state index contributed by atoms with van der Waals surface area (Å²) in [7, 11) is 0. The van der Waals surface area contributed by atoms with Gasteiger partial charge in [0.1, 0.15) is 5.75 Å². The highest BCUT2D eigenvalue weighted by Gasteiger charge is 2.03. The predicted molar refractivity (Wildman–Crippen MR) is 91.2 cm³/mol. The maximum absolute atomic E-state index is 11.7. The number of benzene rings is 2. The summed E-state index contributed by atoms with van der Waals surface area (Å²) in [6, 6.07) is 15.4. The van der Waals surface area contributed by atoms with Crippen LogP contribution in [-0.2, 0) is 11.2 Å². The van der Waals surface area contributed by atoms with E-state index in [1.54, 1.807) is 12.3 Å². The number of hydrazone groups is 1. The summed E-state index contributed by atoms with van der Waals surface area (Å²) in [6.45, 7) is 2.02. The summed E-state index contributed by atoms with van der Waals surface area (Å²) in [5.41, 5.74) is 4.64. The van der Waals surface area contributed by atoms with Gasteiger partial charge >= 0.3 is 0 Å². The molecule has 0 heterocycles. The maximum atomic E-state index is 11.7. The van der Waals surface area contributed by atoms with Crippen molar-refractivity contribution in [2.45, 2.75) is 13.3 Å². The average molecular weight is 361 g/mol. The molecule has 0 spiro atoms. The Bertz CT molecular complexity index is 654. The van der Waals surface area contributed by atoms with E-state index in [1.165, 1.54) is 5.56 Å². The first-order chi connectivity index (χ1) is 10.7. The Hall–Kier alpha value is -2.14. The molecule has 0 saturated carbocycles. The van der Waals surface area contributed by atoms with Gasteiger partial charge in [-0.15, -0.1) is 0 Å². The molecule has 0 unspecified atom stereocenters. The number of amides is 1. The summed E-state index contributed by atoms with van der Waals surface area (Å²) < 4.78 is 6.21. The summed E-state index contributed by atoms with van der Waals surface area (Å²) in [4.78, 5) is 11.7. The van der Waals surface area contributed by atoms with Crippen molar-refractivity contribution in [2.75, 3.05) is 6.61 Å². The largest absolute Gasteiger partial charge is 0.483 e. The Balaban J connectivity index is 1.79. The number of hydrogen-bond donors (Lipinski definition) is 1. The van der Waals surface area contributed by atoms with E-state index in [0.29, 0.717) is 5.75 Å². The second kappa shape index (κ2) is 8.34. The first-order valence-corrected chi connectivity index (χ1v) is 7.76. The van der Waals surface area contributed by atoms with Gasteiger partial charge < -0.3 is 4.74 Å². The second-order valence-corrected chi connectivity index (χ2v) is 5.46. The lowest BCUT2D eigenvalue weighted by molar-refractivity contribution is -0.123. The lowest BCUT2D eigenvalue weighted by Crippen LogP contribution is -2.24. The molecular weight excluding hydrogens is 344 g/mol. The summed E-state index contributed by atoms with van der Waals surface area (Å²) in [5.74, 6) is 0.314. The molecule has 0 fully saturated rings. The Morgan fingerprint density at radius 3 is 2.64 bits per heavy atom. The molecule has 0 radical (unpaired) electrons. The molecule has 22 heavy (non-hydrogen) atoms. The summed E-state index contributed by atoms with van der Waals surface area (Å²) >= 11 is 3.35. The molecule has 2 aromatic rings. The van der Waals surface area contributed by atoms with E-state index in [1.807, 2.05) is 42.5 Å². The van der Waals surface area contributed by atoms with Gasteiger partial charge in [-0.1, -0.05) is 43.3 Å². The Labute approximate surface area is 138 Å². The van der Waals surface area contributed by atoms with E-state index < -0.39 is 0 Å². The van der Waals surface area contributed by atoms with Gasteiger partial charge in [-0.05, 0) is 45.6 Å². The molecule has 0 aromatic heterocycles. The topological polar surface area (TPSA) is 50.7 Å². The van der Waals surface area contributed by atoms with Crippen LogP contribution in [0.3, 0.4) is 0 Å². The monoisotopic (exact) mass is 360 g/mol. The number of halogens is 1. The van der Waals surface area contributed by atoms with E-state index in [9.17, 15) is 4.79 Å². The van der Waals surface area contributed by atoms with Gasteiger partial charge in [0.15, 0.2) is 6.61 Å². The molecule has 114 valence electrons. The fraction of sp³-hybridized carbons (Fsp3) is 0.176. The van der Waals surface area contributed by atoms with Crippen LogP contribution in [0, 0.1) is 0 Å². The number of carbonyl (C=O) groups excluding carboxylic acids is 1. The number of carbonyl (C=O) groups is 1. The zero-order chi connectivity index (χ0) is 15.8. The normalized spacial score (nSPS) is 10.6. The van der Waals surface area contributed by atoms with Crippen LogP contribution in [0.15, 0.2) is 58.1 Å². The molecule has 0 aliphatic rings. The minimum absolute atomic E-state index is 0.0886. The van der Waals surface area contributed by atoms with Crippen LogP contribution in [0.25, 0.3) is 0 Å². The van der Waals surface area contributed by atoms with Crippen LogP contribution in [0.5, 0.6) is 5.75 Å². The molecular formula is C17H17BrN2O2. The third-order valence-corrected chi connectivity index (χ3v) is 3.64. The Morgan fingerprint density at radius 2 is 1.95 bits per heavy atom. The van der Waals surface area contributed by atoms with Crippen molar-refractivity contribution in [3.05, 3.63) is 64.1 Å². The maximum Gasteiger partial charge on any atom is 0.277 e. The van der Waals surface area contributed by atoms with Gasteiger partial charge in [0.05, 0.1) is 10.7 Å². The summed E-state index contributed by atoms with van der Waals surface area (Å²) in [6.07, 6.45) is 2.61. The van der Waals surface area contributed by atoms with Crippen molar-refractivity contribution >= 4 is 28.1 Å². The molecule has 0 atom stereocenters. The minimum atomic E-state index is -0.308. The Morgan fingerprint density at radius 1 is 1.23 bits per heavy atom. The van der Waals surface area contributed by atoms with Crippen LogP contribution in [-0.4, -0.2) is 18.7 Å². The van der Waals surface area contributed by atoms with E-state index in [2.05, 4.69) is 33.4 Å². The molecule has 4 nitrogen and oxygen atoms in total. The number of aryl methyl sites for hydroxylation is 1. The number of hydrogen-bond acceptors (Lipinski definition) is 3. The van der Waals surface area contributed by atoms with Gasteiger partial charge in [-0.2, -0.15) is 5.10 Å². The fourth-order valence-corrected chi connectivity index (χ4v) is 2.15. The quantitative estimate of drug-likeness (QED) is 0.632. The molecule has 5 heteroatoms. The second-order valence-electron chi connectivity index (χ2n) is 4.61. The Kier molecular flexibility index (Phi) is 6.15. The molecule has 0 aliphatic carbocycles. The molecule has 1 N–H and O–H groups in total. The predicted octanol–water partition coefficient (Wildman–Crippen LogP) is 3.54. The molecule has 2 rings (SSSR count). The van der Waals surface area contributed by atoms with Crippen molar-refractivity contribution in [1.29, 1.82) is 0 Å². The summed E-state index contributed by atoms with van der Waals surface area (Å²) in [5, 5.41) is 3.92. The van der Waals surface area contributed by atoms with Crippen molar-refractivity contribution < 1.29 is 9.53 Å². The van der Waals surface area contributed by atoms with E-state index in [4.69, 9.17) is 4.74 Å². The molecule has 1 amide bonds. The standard InChI is InChI=1S/C17H17BrN2O2/c1-2-13-7-9-14(10-8-13)11-19-20-17(21)12-22-16-6-4-3-5-15(16)18/h3-11H,2,12H2,1H3,(H,20,21). The van der Waals surface area contributed by atoms with E-state index >= 15 is 0 Å².